The van der Waals surface area contributed by atoms with Gasteiger partial charge in [0.15, 0.2) is 0 Å². The Morgan fingerprint density at radius 3 is 1.62 bits per heavy atom. The molecule has 0 spiro atoms. The fourth-order valence-corrected chi connectivity index (χ4v) is 2.16. The number of ether oxygens (including phenoxy) is 1. The van der Waals surface area contributed by atoms with E-state index in [0.717, 1.165) is 0 Å². The van der Waals surface area contributed by atoms with Gasteiger partial charge in [0.1, 0.15) is 0 Å². The van der Waals surface area contributed by atoms with Gasteiger partial charge in [0.05, 0.1) is 0 Å². The van der Waals surface area contributed by atoms with E-state index in [4.69, 9.17) is 0 Å². The van der Waals surface area contributed by atoms with Crippen molar-refractivity contribution < 1.29 is 57.8 Å². The quantitative estimate of drug-likeness (QED) is 0.679. The van der Waals surface area contributed by atoms with E-state index in [-0.39, 0.29) is 12.8 Å². The molecule has 1 aliphatic rings. The molecule has 1 N–H and O–H groups in total. The van der Waals surface area contributed by atoms with Crippen molar-refractivity contribution in [1.29, 1.82) is 0 Å². The van der Waals surface area contributed by atoms with Crippen molar-refractivity contribution in [3.63, 3.8) is 0 Å². The zero-order chi connectivity index (χ0) is 20.6. The minimum absolute atomic E-state index is 0.0365. The van der Waals surface area contributed by atoms with Gasteiger partial charge in [-0.3, -0.25) is 9.53 Å². The summed E-state index contributed by atoms with van der Waals surface area (Å²) < 4.78 is 142. The highest BCUT2D eigenvalue weighted by Gasteiger charge is 2.79. The van der Waals surface area contributed by atoms with Crippen LogP contribution < -0.4 is 5.32 Å². The summed E-state index contributed by atoms with van der Waals surface area (Å²) >= 11 is 0. The van der Waals surface area contributed by atoms with Gasteiger partial charge < -0.3 is 5.32 Å². The highest BCUT2D eigenvalue weighted by molar-refractivity contribution is 5.84. The average molecular weight is 411 g/mol. The summed E-state index contributed by atoms with van der Waals surface area (Å²) in [5.74, 6) is -16.2. The molecule has 26 heavy (non-hydrogen) atoms. The first kappa shape index (κ1) is 22.7. The Hall–Kier alpha value is -1.34. The minimum Gasteiger partial charge on any atom is -0.348 e. The van der Waals surface area contributed by atoms with Crippen molar-refractivity contribution in [3.05, 3.63) is 0 Å². The largest absolute Gasteiger partial charge is 0.462 e. The lowest BCUT2D eigenvalue weighted by molar-refractivity contribution is -0.473. The number of carbonyl (C=O) groups is 1. The fourth-order valence-electron chi connectivity index (χ4n) is 2.16. The Bertz CT molecular complexity index is 510. The minimum atomic E-state index is -7.19. The highest BCUT2D eigenvalue weighted by Crippen LogP contribution is 2.51. The molecule has 0 aliphatic heterocycles. The van der Waals surface area contributed by atoms with Gasteiger partial charge in [-0.2, -0.15) is 48.3 Å². The first-order valence-electron chi connectivity index (χ1n) is 7.05. The molecule has 0 radical (unpaired) electrons. The number of amides is 1. The first-order chi connectivity index (χ1) is 11.5. The number of hydrogen-bond donors (Lipinski definition) is 1. The molecule has 14 heteroatoms. The van der Waals surface area contributed by atoms with Crippen molar-refractivity contribution >= 4 is 5.91 Å². The molecule has 0 saturated heterocycles. The van der Waals surface area contributed by atoms with Gasteiger partial charge in [0.25, 0.3) is 5.91 Å². The van der Waals surface area contributed by atoms with Crippen LogP contribution in [0.25, 0.3) is 0 Å². The van der Waals surface area contributed by atoms with E-state index in [1.807, 2.05) is 0 Å². The third-order valence-electron chi connectivity index (χ3n) is 3.59. The van der Waals surface area contributed by atoms with Crippen LogP contribution in [0.3, 0.4) is 0 Å². The lowest BCUT2D eigenvalue weighted by Crippen LogP contribution is -2.64. The summed E-state index contributed by atoms with van der Waals surface area (Å²) in [4.78, 5) is 11.4. The van der Waals surface area contributed by atoms with E-state index >= 15 is 0 Å². The maximum atomic E-state index is 13.9. The number of alkyl halides is 11. The summed E-state index contributed by atoms with van der Waals surface area (Å²) in [6.07, 6.45) is -19.3. The van der Waals surface area contributed by atoms with Crippen LogP contribution in [-0.4, -0.2) is 42.2 Å². The molecule has 1 fully saturated rings. The SMILES string of the molecule is O=C(NC1CCCCC1)[C@](F)(OC(F)(F)C(F)(F)C(F)(F)F)C(F)(F)F. The summed E-state index contributed by atoms with van der Waals surface area (Å²) in [6, 6.07) is -1.10. The van der Waals surface area contributed by atoms with Crippen LogP contribution in [0.15, 0.2) is 0 Å². The standard InChI is InChI=1S/C12H12F11NO2/c13-8(10(16,17)18,7(25)24-6-4-2-1-3-5-6)26-12(22,23)9(14,15)11(19,20)21/h6H,1-5H2,(H,24,25)/t8-/m0/s1. The van der Waals surface area contributed by atoms with Gasteiger partial charge in [0, 0.05) is 6.04 Å². The van der Waals surface area contributed by atoms with E-state index in [1.165, 1.54) is 5.32 Å². The number of carbonyl (C=O) groups excluding carboxylic acids is 1. The molecule has 0 aromatic heterocycles. The van der Waals surface area contributed by atoms with Gasteiger partial charge in [-0.05, 0) is 12.8 Å². The first-order valence-corrected chi connectivity index (χ1v) is 7.05. The molecule has 0 bridgehead atoms. The Labute approximate surface area is 138 Å². The number of hydrogen-bond acceptors (Lipinski definition) is 2. The predicted molar refractivity (Wildman–Crippen MR) is 61.9 cm³/mol. The van der Waals surface area contributed by atoms with E-state index in [0.29, 0.717) is 19.3 Å². The van der Waals surface area contributed by atoms with Crippen LogP contribution >= 0.6 is 0 Å². The van der Waals surface area contributed by atoms with E-state index in [1.54, 1.807) is 0 Å². The number of nitrogens with one attached hydrogen (secondary N) is 1. The summed E-state index contributed by atoms with van der Waals surface area (Å²) in [5.41, 5.74) is 0. The average Bonchev–Trinajstić information content (AvgIpc) is 2.45. The Morgan fingerprint density at radius 2 is 1.23 bits per heavy atom. The third kappa shape index (κ3) is 4.31. The summed E-state index contributed by atoms with van der Waals surface area (Å²) in [5, 5.41) is 1.36. The smallest absolute Gasteiger partial charge is 0.348 e. The monoisotopic (exact) mass is 411 g/mol. The third-order valence-corrected chi connectivity index (χ3v) is 3.59. The molecule has 154 valence electrons. The van der Waals surface area contributed by atoms with Gasteiger partial charge in [-0.25, -0.2) is 0 Å². The molecule has 1 saturated carbocycles. The second-order valence-corrected chi connectivity index (χ2v) is 5.59. The molecule has 0 heterocycles. The van der Waals surface area contributed by atoms with Gasteiger partial charge in [-0.1, -0.05) is 19.3 Å². The zero-order valence-electron chi connectivity index (χ0n) is 12.6. The van der Waals surface area contributed by atoms with Crippen LogP contribution in [0, 0.1) is 0 Å². The topological polar surface area (TPSA) is 38.3 Å². The number of halogens is 11. The Morgan fingerprint density at radius 1 is 0.769 bits per heavy atom. The van der Waals surface area contributed by atoms with Gasteiger partial charge in [0.2, 0.25) is 0 Å². The highest BCUT2D eigenvalue weighted by atomic mass is 19.4. The number of rotatable bonds is 5. The van der Waals surface area contributed by atoms with Crippen LogP contribution in [0.5, 0.6) is 0 Å². The molecule has 1 atom stereocenters. The van der Waals surface area contributed by atoms with Crippen LogP contribution in [0.4, 0.5) is 48.3 Å². The van der Waals surface area contributed by atoms with Crippen LogP contribution in [0.1, 0.15) is 32.1 Å². The summed E-state index contributed by atoms with van der Waals surface area (Å²) in [6.45, 7) is 0. The van der Waals surface area contributed by atoms with Crippen LogP contribution in [-0.2, 0) is 9.53 Å². The Kier molecular flexibility index (Phi) is 6.11. The van der Waals surface area contributed by atoms with Gasteiger partial charge in [-0.15, -0.1) is 0 Å². The van der Waals surface area contributed by atoms with Crippen molar-refractivity contribution in [2.45, 2.75) is 68.4 Å². The van der Waals surface area contributed by atoms with Crippen LogP contribution in [0.2, 0.25) is 0 Å². The van der Waals surface area contributed by atoms with Gasteiger partial charge >= 0.3 is 30.2 Å². The fraction of sp³-hybridized carbons (Fsp3) is 0.917. The molecule has 1 rings (SSSR count). The Balaban J connectivity index is 3.14. The molecule has 1 aliphatic carbocycles. The molecule has 0 aromatic rings. The summed E-state index contributed by atoms with van der Waals surface area (Å²) in [7, 11) is 0. The molecular weight excluding hydrogens is 399 g/mol. The predicted octanol–water partition coefficient (Wildman–Crippen LogP) is 4.47. The molecule has 0 unspecified atom stereocenters. The van der Waals surface area contributed by atoms with Crippen molar-refractivity contribution in [2.75, 3.05) is 0 Å². The molecule has 0 aromatic carbocycles. The maximum absolute atomic E-state index is 13.9. The second-order valence-electron chi connectivity index (χ2n) is 5.59. The van der Waals surface area contributed by atoms with E-state index in [2.05, 4.69) is 4.74 Å². The molecule has 1 amide bonds. The lowest BCUT2D eigenvalue weighted by Gasteiger charge is -2.35. The van der Waals surface area contributed by atoms with E-state index in [9.17, 15) is 53.1 Å². The second kappa shape index (κ2) is 7.00. The van der Waals surface area contributed by atoms with Crippen molar-refractivity contribution in [1.82, 2.24) is 5.32 Å². The lowest BCUT2D eigenvalue weighted by atomic mass is 9.95. The van der Waals surface area contributed by atoms with Crippen molar-refractivity contribution in [3.8, 4) is 0 Å². The van der Waals surface area contributed by atoms with Crippen molar-refractivity contribution in [2.24, 2.45) is 0 Å². The van der Waals surface area contributed by atoms with E-state index < -0.39 is 42.2 Å². The maximum Gasteiger partial charge on any atom is 0.462 e. The molecule has 3 nitrogen and oxygen atoms in total. The molecular formula is C12H12F11NO2. The zero-order valence-corrected chi connectivity index (χ0v) is 12.6. The normalized spacial score (nSPS) is 20.6.